The van der Waals surface area contributed by atoms with Crippen LogP contribution in [0.25, 0.3) is 0 Å². The van der Waals surface area contributed by atoms with Gasteiger partial charge >= 0.3 is 0 Å². The van der Waals surface area contributed by atoms with Gasteiger partial charge in [-0.05, 0) is 30.4 Å². The number of hydrogen-bond donors (Lipinski definition) is 1. The fraction of sp³-hybridized carbons (Fsp3) is 0.588. The predicted molar refractivity (Wildman–Crippen MR) is 81.2 cm³/mol. The van der Waals surface area contributed by atoms with Crippen molar-refractivity contribution in [1.29, 1.82) is 0 Å². The van der Waals surface area contributed by atoms with Crippen LogP contribution < -0.4 is 5.32 Å². The highest BCUT2D eigenvalue weighted by Crippen LogP contribution is 2.23. The Bertz CT molecular complexity index is 417. The Morgan fingerprint density at radius 2 is 1.58 bits per heavy atom. The molecule has 1 rings (SSSR count). The Hall–Kier alpha value is -1.31. The highest BCUT2D eigenvalue weighted by molar-refractivity contribution is 5.82. The third-order valence-corrected chi connectivity index (χ3v) is 3.95. The van der Waals surface area contributed by atoms with Gasteiger partial charge in [0.1, 0.15) is 0 Å². The molecule has 1 N–H and O–H groups in total. The topological polar surface area (TPSA) is 29.1 Å². The van der Waals surface area contributed by atoms with E-state index >= 15 is 0 Å². The number of nitrogens with one attached hydrogen (secondary N) is 1. The standard InChI is InChI=1S/C17H27NO/c1-7-17(5,6)16(19)18-13(4)15-10-8-14(9-11-15)12(2)3/h8-13H,7H2,1-6H3,(H,18,19). The summed E-state index contributed by atoms with van der Waals surface area (Å²) in [5.74, 6) is 0.661. The quantitative estimate of drug-likeness (QED) is 0.835. The number of rotatable bonds is 5. The van der Waals surface area contributed by atoms with Crippen molar-refractivity contribution in [3.05, 3.63) is 35.4 Å². The van der Waals surface area contributed by atoms with Crippen molar-refractivity contribution in [3.63, 3.8) is 0 Å². The molecule has 2 heteroatoms. The SMILES string of the molecule is CCC(C)(C)C(=O)NC(C)c1ccc(C(C)C)cc1. The van der Waals surface area contributed by atoms with Gasteiger partial charge in [-0.3, -0.25) is 4.79 Å². The highest BCUT2D eigenvalue weighted by Gasteiger charge is 2.26. The minimum Gasteiger partial charge on any atom is -0.349 e. The van der Waals surface area contributed by atoms with Crippen LogP contribution in [0.4, 0.5) is 0 Å². The summed E-state index contributed by atoms with van der Waals surface area (Å²) in [5, 5.41) is 3.10. The van der Waals surface area contributed by atoms with E-state index in [-0.39, 0.29) is 17.4 Å². The van der Waals surface area contributed by atoms with Crippen molar-refractivity contribution in [2.24, 2.45) is 5.41 Å². The maximum Gasteiger partial charge on any atom is 0.226 e. The van der Waals surface area contributed by atoms with Gasteiger partial charge < -0.3 is 5.32 Å². The van der Waals surface area contributed by atoms with Crippen molar-refractivity contribution < 1.29 is 4.79 Å². The van der Waals surface area contributed by atoms with Gasteiger partial charge in [0, 0.05) is 5.41 Å². The van der Waals surface area contributed by atoms with E-state index in [0.717, 1.165) is 12.0 Å². The molecular weight excluding hydrogens is 234 g/mol. The molecule has 106 valence electrons. The molecule has 0 aromatic heterocycles. The first-order chi connectivity index (χ1) is 8.77. The monoisotopic (exact) mass is 261 g/mol. The molecule has 0 radical (unpaired) electrons. The molecule has 0 spiro atoms. The van der Waals surface area contributed by atoms with Crippen LogP contribution in [0.2, 0.25) is 0 Å². The lowest BCUT2D eigenvalue weighted by Crippen LogP contribution is -2.37. The predicted octanol–water partition coefficient (Wildman–Crippen LogP) is 4.42. The summed E-state index contributed by atoms with van der Waals surface area (Å²) in [6.45, 7) is 12.4. The molecule has 0 aliphatic carbocycles. The first-order valence-electron chi connectivity index (χ1n) is 7.18. The summed E-state index contributed by atoms with van der Waals surface area (Å²) >= 11 is 0. The minimum atomic E-state index is -0.299. The summed E-state index contributed by atoms with van der Waals surface area (Å²) in [6, 6.07) is 8.57. The van der Waals surface area contributed by atoms with Crippen molar-refractivity contribution in [1.82, 2.24) is 5.32 Å². The molecule has 1 aromatic rings. The van der Waals surface area contributed by atoms with Crippen LogP contribution in [0.5, 0.6) is 0 Å². The van der Waals surface area contributed by atoms with E-state index in [0.29, 0.717) is 5.92 Å². The normalized spacial score (nSPS) is 13.4. The van der Waals surface area contributed by atoms with E-state index in [1.807, 2.05) is 27.7 Å². The van der Waals surface area contributed by atoms with Crippen molar-refractivity contribution >= 4 is 5.91 Å². The zero-order valence-corrected chi connectivity index (χ0v) is 13.1. The van der Waals surface area contributed by atoms with Gasteiger partial charge in [-0.25, -0.2) is 0 Å². The van der Waals surface area contributed by atoms with E-state index in [1.54, 1.807) is 0 Å². The summed E-state index contributed by atoms with van der Waals surface area (Å²) in [5.41, 5.74) is 2.19. The fourth-order valence-corrected chi connectivity index (χ4v) is 1.81. The van der Waals surface area contributed by atoms with E-state index in [4.69, 9.17) is 0 Å². The van der Waals surface area contributed by atoms with Gasteiger partial charge in [0.2, 0.25) is 5.91 Å². The van der Waals surface area contributed by atoms with Crippen molar-refractivity contribution in [3.8, 4) is 0 Å². The maximum absolute atomic E-state index is 12.1. The van der Waals surface area contributed by atoms with E-state index < -0.39 is 0 Å². The highest BCUT2D eigenvalue weighted by atomic mass is 16.2. The number of carbonyl (C=O) groups excluding carboxylic acids is 1. The molecule has 0 bridgehead atoms. The Kier molecular flexibility index (Phi) is 5.16. The summed E-state index contributed by atoms with van der Waals surface area (Å²) in [6.07, 6.45) is 0.845. The van der Waals surface area contributed by atoms with Crippen LogP contribution in [-0.4, -0.2) is 5.91 Å². The van der Waals surface area contributed by atoms with Gasteiger partial charge in [-0.15, -0.1) is 0 Å². The number of hydrogen-bond acceptors (Lipinski definition) is 1. The molecule has 19 heavy (non-hydrogen) atoms. The Labute approximate surface area is 117 Å². The molecule has 0 fully saturated rings. The maximum atomic E-state index is 12.1. The molecule has 0 saturated carbocycles. The van der Waals surface area contributed by atoms with Gasteiger partial charge in [0.05, 0.1) is 6.04 Å². The minimum absolute atomic E-state index is 0.0551. The van der Waals surface area contributed by atoms with E-state index in [9.17, 15) is 4.79 Å². The smallest absolute Gasteiger partial charge is 0.226 e. The molecule has 1 amide bonds. The van der Waals surface area contributed by atoms with Crippen molar-refractivity contribution in [2.45, 2.75) is 59.9 Å². The molecule has 0 aliphatic rings. The molecule has 0 saturated heterocycles. The second kappa shape index (κ2) is 6.23. The van der Waals surface area contributed by atoms with E-state index in [1.165, 1.54) is 5.56 Å². The Morgan fingerprint density at radius 3 is 2.00 bits per heavy atom. The molecule has 0 aliphatic heterocycles. The second-order valence-corrected chi connectivity index (χ2v) is 6.25. The van der Waals surface area contributed by atoms with Crippen LogP contribution in [-0.2, 0) is 4.79 Å². The van der Waals surface area contributed by atoms with Crippen LogP contribution in [0.3, 0.4) is 0 Å². The van der Waals surface area contributed by atoms with Gasteiger partial charge in [0.25, 0.3) is 0 Å². The first kappa shape index (κ1) is 15.7. The third kappa shape index (κ3) is 4.09. The van der Waals surface area contributed by atoms with Crippen LogP contribution in [0.15, 0.2) is 24.3 Å². The zero-order valence-electron chi connectivity index (χ0n) is 13.1. The lowest BCUT2D eigenvalue weighted by molar-refractivity contribution is -0.130. The van der Waals surface area contributed by atoms with Gasteiger partial charge in [0.15, 0.2) is 0 Å². The molecule has 0 heterocycles. The number of benzene rings is 1. The number of amides is 1. The second-order valence-electron chi connectivity index (χ2n) is 6.25. The molecule has 1 aromatic carbocycles. The zero-order chi connectivity index (χ0) is 14.6. The van der Waals surface area contributed by atoms with E-state index in [2.05, 4.69) is 43.4 Å². The number of carbonyl (C=O) groups is 1. The third-order valence-electron chi connectivity index (χ3n) is 3.95. The van der Waals surface area contributed by atoms with Crippen LogP contribution in [0.1, 0.15) is 71.0 Å². The Morgan fingerprint density at radius 1 is 1.11 bits per heavy atom. The summed E-state index contributed by atoms with van der Waals surface area (Å²) in [4.78, 5) is 12.1. The lowest BCUT2D eigenvalue weighted by Gasteiger charge is -2.25. The first-order valence-corrected chi connectivity index (χ1v) is 7.18. The van der Waals surface area contributed by atoms with Crippen LogP contribution >= 0.6 is 0 Å². The molecule has 2 nitrogen and oxygen atoms in total. The average Bonchev–Trinajstić information content (AvgIpc) is 2.38. The molecule has 1 unspecified atom stereocenters. The Balaban J connectivity index is 2.73. The average molecular weight is 261 g/mol. The van der Waals surface area contributed by atoms with Crippen LogP contribution in [0, 0.1) is 5.41 Å². The largest absolute Gasteiger partial charge is 0.349 e. The fourth-order valence-electron chi connectivity index (χ4n) is 1.81. The summed E-state index contributed by atoms with van der Waals surface area (Å²) < 4.78 is 0. The van der Waals surface area contributed by atoms with Crippen molar-refractivity contribution in [2.75, 3.05) is 0 Å². The van der Waals surface area contributed by atoms with Gasteiger partial charge in [-0.1, -0.05) is 58.9 Å². The van der Waals surface area contributed by atoms with Gasteiger partial charge in [-0.2, -0.15) is 0 Å². The molecule has 1 atom stereocenters. The molecular formula is C17H27NO. The lowest BCUT2D eigenvalue weighted by atomic mass is 9.88. The summed E-state index contributed by atoms with van der Waals surface area (Å²) in [7, 11) is 0.